The smallest absolute Gasteiger partial charge is 0.0687 e. The van der Waals surface area contributed by atoms with E-state index in [1.807, 2.05) is 31.2 Å². The molecule has 0 bridgehead atoms. The Hall–Kier alpha value is -1.34. The van der Waals surface area contributed by atoms with E-state index in [1.54, 1.807) is 6.08 Å². The van der Waals surface area contributed by atoms with Crippen LogP contribution in [0.5, 0.6) is 0 Å². The number of hydrogen-bond acceptors (Lipinski definition) is 1. The van der Waals surface area contributed by atoms with E-state index in [9.17, 15) is 0 Å². The lowest BCUT2D eigenvalue weighted by Gasteiger charge is -2.12. The highest BCUT2D eigenvalue weighted by atomic mass is 16.3. The first-order valence-corrected chi connectivity index (χ1v) is 4.56. The SMILES string of the molecule is C=C[C](C)c1cccc(CO)c1C=C. The van der Waals surface area contributed by atoms with Gasteiger partial charge in [-0.3, -0.25) is 0 Å². The van der Waals surface area contributed by atoms with Gasteiger partial charge < -0.3 is 5.11 Å². The summed E-state index contributed by atoms with van der Waals surface area (Å²) in [4.78, 5) is 0. The number of hydrogen-bond donors (Lipinski definition) is 1. The van der Waals surface area contributed by atoms with Crippen LogP contribution in [-0.4, -0.2) is 5.11 Å². The zero-order valence-corrected chi connectivity index (χ0v) is 8.46. The van der Waals surface area contributed by atoms with Gasteiger partial charge in [0, 0.05) is 5.92 Å². The lowest BCUT2D eigenvalue weighted by atomic mass is 9.92. The van der Waals surface area contributed by atoms with Gasteiger partial charge in [-0.25, -0.2) is 0 Å². The molecular formula is C13H15O. The molecule has 0 saturated carbocycles. The van der Waals surface area contributed by atoms with Gasteiger partial charge in [-0.1, -0.05) is 43.9 Å². The highest BCUT2D eigenvalue weighted by Crippen LogP contribution is 2.24. The Morgan fingerprint density at radius 1 is 1.43 bits per heavy atom. The summed E-state index contributed by atoms with van der Waals surface area (Å²) < 4.78 is 0. The summed E-state index contributed by atoms with van der Waals surface area (Å²) in [5, 5.41) is 9.15. The molecule has 0 aliphatic heterocycles. The molecule has 0 atom stereocenters. The van der Waals surface area contributed by atoms with Gasteiger partial charge in [0.2, 0.25) is 0 Å². The van der Waals surface area contributed by atoms with E-state index in [1.165, 1.54) is 0 Å². The van der Waals surface area contributed by atoms with Crippen molar-refractivity contribution in [2.45, 2.75) is 13.5 Å². The number of aliphatic hydroxyl groups excluding tert-OH is 1. The highest BCUT2D eigenvalue weighted by Gasteiger charge is 2.08. The zero-order valence-electron chi connectivity index (χ0n) is 8.46. The van der Waals surface area contributed by atoms with Crippen molar-refractivity contribution < 1.29 is 5.11 Å². The second kappa shape index (κ2) is 4.77. The Labute approximate surface area is 85.4 Å². The molecule has 0 spiro atoms. The van der Waals surface area contributed by atoms with Crippen molar-refractivity contribution in [1.82, 2.24) is 0 Å². The summed E-state index contributed by atoms with van der Waals surface area (Å²) in [6.07, 6.45) is 3.58. The fourth-order valence-electron chi connectivity index (χ4n) is 1.45. The van der Waals surface area contributed by atoms with Gasteiger partial charge in [0.05, 0.1) is 6.61 Å². The van der Waals surface area contributed by atoms with Crippen molar-refractivity contribution in [2.75, 3.05) is 0 Å². The molecule has 14 heavy (non-hydrogen) atoms. The summed E-state index contributed by atoms with van der Waals surface area (Å²) in [5.74, 6) is 1.09. The van der Waals surface area contributed by atoms with Gasteiger partial charge in [-0.15, -0.1) is 6.58 Å². The molecule has 1 N–H and O–H groups in total. The first kappa shape index (κ1) is 10.7. The molecule has 1 rings (SSSR count). The van der Waals surface area contributed by atoms with Crippen molar-refractivity contribution in [3.63, 3.8) is 0 Å². The average Bonchev–Trinajstić information content (AvgIpc) is 2.26. The Balaban J connectivity index is 3.28. The summed E-state index contributed by atoms with van der Waals surface area (Å²) in [7, 11) is 0. The molecule has 1 radical (unpaired) electrons. The molecule has 0 aromatic heterocycles. The van der Waals surface area contributed by atoms with Crippen LogP contribution in [0.25, 0.3) is 6.08 Å². The van der Waals surface area contributed by atoms with E-state index in [0.29, 0.717) is 0 Å². The van der Waals surface area contributed by atoms with Crippen LogP contribution in [-0.2, 0) is 6.61 Å². The van der Waals surface area contributed by atoms with Crippen molar-refractivity contribution in [3.8, 4) is 0 Å². The van der Waals surface area contributed by atoms with Crippen LogP contribution in [0.3, 0.4) is 0 Å². The van der Waals surface area contributed by atoms with E-state index in [2.05, 4.69) is 13.2 Å². The Kier molecular flexibility index (Phi) is 3.66. The average molecular weight is 187 g/mol. The van der Waals surface area contributed by atoms with Crippen molar-refractivity contribution >= 4 is 6.08 Å². The van der Waals surface area contributed by atoms with Gasteiger partial charge in [0.25, 0.3) is 0 Å². The lowest BCUT2D eigenvalue weighted by molar-refractivity contribution is 0.281. The standard InChI is InChI=1S/C13H15O/c1-4-10(3)13-8-6-7-11(9-14)12(13)5-2/h4-8,14H,1-2,9H2,3H3. The van der Waals surface area contributed by atoms with Crippen LogP contribution in [0.15, 0.2) is 37.4 Å². The van der Waals surface area contributed by atoms with Crippen molar-refractivity contribution in [2.24, 2.45) is 0 Å². The summed E-state index contributed by atoms with van der Waals surface area (Å²) in [6.45, 7) is 9.53. The number of rotatable bonds is 4. The molecule has 0 fully saturated rings. The molecule has 0 aliphatic rings. The normalized spacial score (nSPS) is 10.2. The van der Waals surface area contributed by atoms with Crippen molar-refractivity contribution in [1.29, 1.82) is 0 Å². The van der Waals surface area contributed by atoms with Crippen LogP contribution < -0.4 is 0 Å². The minimum Gasteiger partial charge on any atom is -0.392 e. The van der Waals surface area contributed by atoms with Crippen LogP contribution in [0.4, 0.5) is 0 Å². The maximum absolute atomic E-state index is 9.15. The molecule has 0 amide bonds. The van der Waals surface area contributed by atoms with Crippen molar-refractivity contribution in [3.05, 3.63) is 60.0 Å². The maximum atomic E-state index is 9.15. The third-order valence-corrected chi connectivity index (χ3v) is 2.30. The van der Waals surface area contributed by atoms with Crippen LogP contribution in [0.2, 0.25) is 0 Å². The molecule has 1 nitrogen and oxygen atoms in total. The summed E-state index contributed by atoms with van der Waals surface area (Å²) in [6, 6.07) is 5.84. The second-order valence-electron chi connectivity index (χ2n) is 3.13. The minimum atomic E-state index is 0.0413. The Morgan fingerprint density at radius 3 is 2.64 bits per heavy atom. The predicted octanol–water partition coefficient (Wildman–Crippen LogP) is 2.95. The number of allylic oxidation sites excluding steroid dienone is 1. The van der Waals surface area contributed by atoms with E-state index in [0.717, 1.165) is 22.6 Å². The van der Waals surface area contributed by atoms with Crippen LogP contribution >= 0.6 is 0 Å². The monoisotopic (exact) mass is 187 g/mol. The number of benzene rings is 1. The third-order valence-electron chi connectivity index (χ3n) is 2.30. The summed E-state index contributed by atoms with van der Waals surface area (Å²) >= 11 is 0. The fourth-order valence-corrected chi connectivity index (χ4v) is 1.45. The van der Waals surface area contributed by atoms with E-state index in [4.69, 9.17) is 5.11 Å². The van der Waals surface area contributed by atoms with Gasteiger partial charge in [-0.05, 0) is 16.7 Å². The van der Waals surface area contributed by atoms with Gasteiger partial charge >= 0.3 is 0 Å². The largest absolute Gasteiger partial charge is 0.392 e. The maximum Gasteiger partial charge on any atom is 0.0687 e. The Morgan fingerprint density at radius 2 is 2.14 bits per heavy atom. The molecule has 0 heterocycles. The number of aliphatic hydroxyl groups is 1. The van der Waals surface area contributed by atoms with E-state index < -0.39 is 0 Å². The van der Waals surface area contributed by atoms with E-state index >= 15 is 0 Å². The quantitative estimate of drug-likeness (QED) is 0.768. The second-order valence-corrected chi connectivity index (χ2v) is 3.13. The minimum absolute atomic E-state index is 0.0413. The van der Waals surface area contributed by atoms with Crippen LogP contribution in [0.1, 0.15) is 23.6 Å². The van der Waals surface area contributed by atoms with E-state index in [-0.39, 0.29) is 6.61 Å². The molecule has 0 unspecified atom stereocenters. The van der Waals surface area contributed by atoms with Gasteiger partial charge in [0.15, 0.2) is 0 Å². The summed E-state index contributed by atoms with van der Waals surface area (Å²) in [5.41, 5.74) is 2.98. The lowest BCUT2D eigenvalue weighted by Crippen LogP contribution is -1.98. The Bertz CT molecular complexity index is 339. The molecule has 0 saturated heterocycles. The predicted molar refractivity (Wildman–Crippen MR) is 60.7 cm³/mol. The molecule has 1 aromatic carbocycles. The molecule has 1 heteroatoms. The topological polar surface area (TPSA) is 20.2 Å². The first-order chi connectivity index (χ1) is 6.74. The molecule has 0 aliphatic carbocycles. The first-order valence-electron chi connectivity index (χ1n) is 4.56. The molecule has 73 valence electrons. The fraction of sp³-hybridized carbons (Fsp3) is 0.154. The third kappa shape index (κ3) is 1.94. The van der Waals surface area contributed by atoms with Crippen LogP contribution in [0, 0.1) is 5.92 Å². The molecular weight excluding hydrogens is 172 g/mol. The highest BCUT2D eigenvalue weighted by molar-refractivity contribution is 5.61. The van der Waals surface area contributed by atoms with Gasteiger partial charge in [-0.2, -0.15) is 0 Å². The molecule has 1 aromatic rings. The zero-order chi connectivity index (χ0) is 10.6. The van der Waals surface area contributed by atoms with Gasteiger partial charge in [0.1, 0.15) is 0 Å².